The standard InChI is InChI=1S/C54H40N4/c1-54(2)45-32-37(34-16-6-4-7-17-34)26-28-42(45)50-51(38-27-29-48-43(31-38)40-22-12-14-24-46(40)57(48)39-20-8-5-9-21-39)56(3)53(55-52(50)54)58-47-25-15-13-23-41(47)44-30-35-18-10-11-19-36(35)33-49(44)58/h4-33,51H,1-3H3. The van der Waals surface area contributed by atoms with Crippen LogP contribution in [0.5, 0.6) is 0 Å². The third kappa shape index (κ3) is 4.60. The van der Waals surface area contributed by atoms with Crippen molar-refractivity contribution in [1.29, 1.82) is 0 Å². The molecule has 8 aromatic carbocycles. The molecule has 4 heteroatoms. The maximum Gasteiger partial charge on any atom is 0.211 e. The van der Waals surface area contributed by atoms with Crippen molar-refractivity contribution in [2.45, 2.75) is 25.3 Å². The van der Waals surface area contributed by atoms with Crippen molar-refractivity contribution < 1.29 is 0 Å². The Labute approximate surface area is 337 Å². The zero-order valence-corrected chi connectivity index (χ0v) is 32.7. The Bertz CT molecular complexity index is 3380. The van der Waals surface area contributed by atoms with E-state index in [4.69, 9.17) is 4.99 Å². The molecular weight excluding hydrogens is 705 g/mol. The van der Waals surface area contributed by atoms with E-state index in [1.165, 1.54) is 76.7 Å². The summed E-state index contributed by atoms with van der Waals surface area (Å²) in [4.78, 5) is 8.27. The van der Waals surface area contributed by atoms with Crippen LogP contribution in [0.1, 0.15) is 36.6 Å². The van der Waals surface area contributed by atoms with Crippen molar-refractivity contribution in [3.8, 4) is 16.8 Å². The molecule has 0 saturated heterocycles. The molecule has 276 valence electrons. The molecule has 2 aromatic heterocycles. The van der Waals surface area contributed by atoms with E-state index in [0.29, 0.717) is 0 Å². The van der Waals surface area contributed by atoms with Crippen molar-refractivity contribution >= 4 is 65.9 Å². The number of aromatic nitrogens is 2. The molecule has 0 saturated carbocycles. The molecule has 1 unspecified atom stereocenters. The number of benzene rings is 8. The van der Waals surface area contributed by atoms with Gasteiger partial charge >= 0.3 is 0 Å². The van der Waals surface area contributed by atoms with Gasteiger partial charge in [0.15, 0.2) is 0 Å². The Hall–Kier alpha value is -7.17. The minimum absolute atomic E-state index is 0.106. The van der Waals surface area contributed by atoms with Crippen molar-refractivity contribution in [3.63, 3.8) is 0 Å². The van der Waals surface area contributed by atoms with Gasteiger partial charge in [-0.3, -0.25) is 4.57 Å². The van der Waals surface area contributed by atoms with Crippen LogP contribution in [0.25, 0.3) is 76.8 Å². The lowest BCUT2D eigenvalue weighted by atomic mass is 9.83. The summed E-state index contributed by atoms with van der Waals surface area (Å²) in [6.07, 6.45) is 0. The molecule has 58 heavy (non-hydrogen) atoms. The van der Waals surface area contributed by atoms with Gasteiger partial charge in [0.2, 0.25) is 5.96 Å². The molecule has 12 rings (SSSR count). The Morgan fingerprint density at radius 1 is 0.483 bits per heavy atom. The van der Waals surface area contributed by atoms with Gasteiger partial charge in [0.05, 0.1) is 33.8 Å². The third-order valence-electron chi connectivity index (χ3n) is 12.9. The number of fused-ring (bicyclic) bond motifs is 9. The predicted octanol–water partition coefficient (Wildman–Crippen LogP) is 13.3. The zero-order valence-electron chi connectivity index (χ0n) is 32.7. The molecule has 0 radical (unpaired) electrons. The van der Waals surface area contributed by atoms with Crippen LogP contribution in [0, 0.1) is 0 Å². The molecule has 0 amide bonds. The summed E-state index contributed by atoms with van der Waals surface area (Å²) in [5, 5.41) is 7.42. The Kier molecular flexibility index (Phi) is 6.92. The fraction of sp³-hybridized carbons (Fsp3) is 0.0926. The lowest BCUT2D eigenvalue weighted by Gasteiger charge is -2.38. The number of nitrogens with zero attached hydrogens (tertiary/aromatic N) is 4. The van der Waals surface area contributed by atoms with Crippen LogP contribution in [0.3, 0.4) is 0 Å². The highest BCUT2D eigenvalue weighted by Crippen LogP contribution is 2.55. The van der Waals surface area contributed by atoms with Crippen LogP contribution in [-0.4, -0.2) is 27.0 Å². The molecule has 1 aliphatic heterocycles. The highest BCUT2D eigenvalue weighted by molar-refractivity contribution is 6.18. The normalized spacial score (nSPS) is 16.2. The number of allylic oxidation sites excluding steroid dienone is 1. The molecule has 0 bridgehead atoms. The number of aliphatic imine (C=N–C) groups is 1. The number of hydrogen-bond donors (Lipinski definition) is 0. The summed E-state index contributed by atoms with van der Waals surface area (Å²) in [5.74, 6) is 0.932. The average molecular weight is 745 g/mol. The molecule has 3 heterocycles. The number of rotatable bonds is 3. The summed E-state index contributed by atoms with van der Waals surface area (Å²) in [6.45, 7) is 4.73. The number of likely N-dealkylation sites (N-methyl/N-ethyl adjacent to an activating group) is 1. The van der Waals surface area contributed by atoms with E-state index in [0.717, 1.165) is 28.4 Å². The van der Waals surface area contributed by atoms with E-state index in [9.17, 15) is 0 Å². The van der Waals surface area contributed by atoms with E-state index >= 15 is 0 Å². The number of para-hydroxylation sites is 3. The van der Waals surface area contributed by atoms with E-state index in [1.54, 1.807) is 0 Å². The van der Waals surface area contributed by atoms with Gasteiger partial charge in [-0.2, -0.15) is 0 Å². The first-order valence-corrected chi connectivity index (χ1v) is 20.2. The molecule has 0 fully saturated rings. The maximum atomic E-state index is 5.83. The van der Waals surface area contributed by atoms with Gasteiger partial charge < -0.3 is 9.47 Å². The molecule has 1 atom stereocenters. The lowest BCUT2D eigenvalue weighted by molar-refractivity contribution is 0.425. The third-order valence-corrected chi connectivity index (χ3v) is 12.9. The zero-order chi connectivity index (χ0) is 38.7. The second-order valence-electron chi connectivity index (χ2n) is 16.5. The summed E-state index contributed by atoms with van der Waals surface area (Å²) in [6, 6.07) is 66.6. The molecule has 0 spiro atoms. The summed E-state index contributed by atoms with van der Waals surface area (Å²) in [7, 11) is 2.25. The smallest absolute Gasteiger partial charge is 0.211 e. The Morgan fingerprint density at radius 3 is 1.83 bits per heavy atom. The fourth-order valence-corrected chi connectivity index (χ4v) is 10.1. The second-order valence-corrected chi connectivity index (χ2v) is 16.5. The maximum absolute atomic E-state index is 5.83. The fourth-order valence-electron chi connectivity index (χ4n) is 10.1. The first kappa shape index (κ1) is 33.0. The van der Waals surface area contributed by atoms with Crippen molar-refractivity contribution in [2.75, 3.05) is 7.05 Å². The second kappa shape index (κ2) is 12.2. The highest BCUT2D eigenvalue weighted by Gasteiger charge is 2.46. The molecular formula is C54H40N4. The van der Waals surface area contributed by atoms with E-state index in [2.05, 4.69) is 217 Å². The predicted molar refractivity (Wildman–Crippen MR) is 243 cm³/mol. The van der Waals surface area contributed by atoms with Crippen LogP contribution in [0.4, 0.5) is 0 Å². The van der Waals surface area contributed by atoms with Crippen LogP contribution in [-0.2, 0) is 5.41 Å². The van der Waals surface area contributed by atoms with Gasteiger partial charge in [-0.1, -0.05) is 141 Å². The van der Waals surface area contributed by atoms with Gasteiger partial charge in [0, 0.05) is 45.3 Å². The minimum Gasteiger partial charge on any atom is -0.334 e. The van der Waals surface area contributed by atoms with Gasteiger partial charge in [-0.05, 0) is 93.2 Å². The highest BCUT2D eigenvalue weighted by atomic mass is 15.3. The van der Waals surface area contributed by atoms with Crippen molar-refractivity contribution in [1.82, 2.24) is 14.0 Å². The SMILES string of the molecule is CN1C(n2c3ccccc3c3cc4ccccc4cc32)=NC2=C(c3ccc(-c4ccccc4)cc3C2(C)C)C1c1ccc2c(c1)c1ccccc1n2-c1ccccc1. The summed E-state index contributed by atoms with van der Waals surface area (Å²) < 4.78 is 4.82. The Morgan fingerprint density at radius 2 is 1.09 bits per heavy atom. The quantitative estimate of drug-likeness (QED) is 0.177. The van der Waals surface area contributed by atoms with E-state index in [-0.39, 0.29) is 11.5 Å². The van der Waals surface area contributed by atoms with Crippen LogP contribution in [0.2, 0.25) is 0 Å². The monoisotopic (exact) mass is 744 g/mol. The largest absolute Gasteiger partial charge is 0.334 e. The van der Waals surface area contributed by atoms with Crippen LogP contribution < -0.4 is 0 Å². The molecule has 0 N–H and O–H groups in total. The van der Waals surface area contributed by atoms with Gasteiger partial charge in [-0.15, -0.1) is 0 Å². The average Bonchev–Trinajstić information content (AvgIpc) is 3.85. The number of hydrogen-bond acceptors (Lipinski definition) is 2. The first-order chi connectivity index (χ1) is 28.5. The van der Waals surface area contributed by atoms with Crippen LogP contribution >= 0.6 is 0 Å². The molecule has 2 aliphatic rings. The summed E-state index contributed by atoms with van der Waals surface area (Å²) >= 11 is 0. The molecule has 10 aromatic rings. The van der Waals surface area contributed by atoms with Gasteiger partial charge in [-0.25, -0.2) is 4.99 Å². The lowest BCUT2D eigenvalue weighted by Crippen LogP contribution is -2.39. The summed E-state index contributed by atoms with van der Waals surface area (Å²) in [5.41, 5.74) is 14.2. The Balaban J connectivity index is 1.14. The van der Waals surface area contributed by atoms with E-state index in [1.807, 2.05) is 0 Å². The first-order valence-electron chi connectivity index (χ1n) is 20.2. The minimum atomic E-state index is -0.348. The topological polar surface area (TPSA) is 25.5 Å². The molecule has 1 aliphatic carbocycles. The van der Waals surface area contributed by atoms with Crippen molar-refractivity contribution in [3.05, 3.63) is 204 Å². The molecule has 4 nitrogen and oxygen atoms in total. The van der Waals surface area contributed by atoms with E-state index < -0.39 is 0 Å². The van der Waals surface area contributed by atoms with Crippen LogP contribution in [0.15, 0.2) is 193 Å². The van der Waals surface area contributed by atoms with Gasteiger partial charge in [0.25, 0.3) is 0 Å². The van der Waals surface area contributed by atoms with Gasteiger partial charge in [0.1, 0.15) is 0 Å². The van der Waals surface area contributed by atoms with Crippen molar-refractivity contribution in [2.24, 2.45) is 4.99 Å².